The molecule has 1 saturated heterocycles. The molecule has 1 fully saturated rings. The van der Waals surface area contributed by atoms with E-state index in [1.54, 1.807) is 33.9 Å². The minimum absolute atomic E-state index is 0.0876. The van der Waals surface area contributed by atoms with Crippen LogP contribution in [0.1, 0.15) is 37.5 Å². The van der Waals surface area contributed by atoms with Crippen LogP contribution in [0.2, 0.25) is 5.02 Å². The number of phenols is 1. The van der Waals surface area contributed by atoms with Crippen LogP contribution in [0.25, 0.3) is 5.69 Å². The summed E-state index contributed by atoms with van der Waals surface area (Å²) >= 11 is 6.39. The maximum Gasteiger partial charge on any atom is 0.264 e. The van der Waals surface area contributed by atoms with Gasteiger partial charge in [0.1, 0.15) is 11.6 Å². The first kappa shape index (κ1) is 33.5. The highest BCUT2D eigenvalue weighted by molar-refractivity contribution is 6.31. The number of aromatic nitrogens is 1. The first-order chi connectivity index (χ1) is 24.2. The van der Waals surface area contributed by atoms with Crippen molar-refractivity contribution >= 4 is 34.8 Å². The molecule has 0 unspecified atom stereocenters. The van der Waals surface area contributed by atoms with Gasteiger partial charge in [-0.25, -0.2) is 4.39 Å². The number of anilines is 2. The number of carbonyl (C=O) groups is 2. The number of benzene rings is 4. The Balaban J connectivity index is 1.26. The Labute approximate surface area is 296 Å². The minimum atomic E-state index is -0.685. The molecule has 10 heteroatoms. The summed E-state index contributed by atoms with van der Waals surface area (Å²) in [5.41, 5.74) is 5.11. The van der Waals surface area contributed by atoms with E-state index in [4.69, 9.17) is 11.6 Å². The number of hydrogen-bond acceptors (Lipinski definition) is 5. The first-order valence-corrected chi connectivity index (χ1v) is 17.2. The smallest absolute Gasteiger partial charge is 0.264 e. The van der Waals surface area contributed by atoms with E-state index in [9.17, 15) is 14.7 Å². The van der Waals surface area contributed by atoms with Crippen LogP contribution in [0.5, 0.6) is 5.75 Å². The molecule has 1 aromatic heterocycles. The number of nitrogens with zero attached hydrogens (tertiary/aromatic N) is 5. The van der Waals surface area contributed by atoms with Gasteiger partial charge >= 0.3 is 0 Å². The third-order valence-electron chi connectivity index (χ3n) is 9.79. The Morgan fingerprint density at radius 1 is 0.880 bits per heavy atom. The molecule has 1 atom stereocenters. The number of para-hydroxylation sites is 1. The average Bonchev–Trinajstić information content (AvgIpc) is 3.52. The minimum Gasteiger partial charge on any atom is -0.508 e. The van der Waals surface area contributed by atoms with Crippen LogP contribution < -0.4 is 4.90 Å². The van der Waals surface area contributed by atoms with Crippen LogP contribution in [0.4, 0.5) is 15.8 Å². The number of carbonyl (C=O) groups excluding carboxylic acids is 2. The van der Waals surface area contributed by atoms with Crippen molar-refractivity contribution in [1.29, 1.82) is 0 Å². The summed E-state index contributed by atoms with van der Waals surface area (Å²) < 4.78 is 17.0. The summed E-state index contributed by atoms with van der Waals surface area (Å²) in [5, 5.41) is 9.79. The molecule has 2 amide bonds. The van der Waals surface area contributed by atoms with Crippen molar-refractivity contribution in [2.75, 3.05) is 44.7 Å². The summed E-state index contributed by atoms with van der Waals surface area (Å²) in [5.74, 6) is -1.20. The highest BCUT2D eigenvalue weighted by Crippen LogP contribution is 2.33. The van der Waals surface area contributed by atoms with E-state index >= 15 is 4.39 Å². The lowest BCUT2D eigenvalue weighted by Gasteiger charge is -2.41. The molecule has 2 aliphatic heterocycles. The molecule has 50 heavy (non-hydrogen) atoms. The number of phenolic OH excluding ortho intramolecular Hbond substituents is 1. The number of aryl methyl sites for hydroxylation is 1. The molecule has 256 valence electrons. The zero-order chi connectivity index (χ0) is 34.9. The van der Waals surface area contributed by atoms with Crippen LogP contribution in [0, 0.1) is 12.7 Å². The van der Waals surface area contributed by atoms with E-state index < -0.39 is 5.82 Å². The third kappa shape index (κ3) is 6.76. The number of halogens is 2. The van der Waals surface area contributed by atoms with Gasteiger partial charge in [0.15, 0.2) is 0 Å². The van der Waals surface area contributed by atoms with E-state index in [-0.39, 0.29) is 34.2 Å². The largest absolute Gasteiger partial charge is 0.508 e. The fourth-order valence-corrected chi connectivity index (χ4v) is 7.18. The zero-order valence-electron chi connectivity index (χ0n) is 28.1. The molecule has 0 aliphatic carbocycles. The van der Waals surface area contributed by atoms with E-state index in [0.717, 1.165) is 31.7 Å². The molecule has 5 aromatic rings. The summed E-state index contributed by atoms with van der Waals surface area (Å²) in [7, 11) is 2.12. The Morgan fingerprint density at radius 2 is 1.54 bits per heavy atom. The van der Waals surface area contributed by atoms with Crippen LogP contribution in [0.3, 0.4) is 0 Å². The quantitative estimate of drug-likeness (QED) is 0.198. The predicted molar refractivity (Wildman–Crippen MR) is 194 cm³/mol. The Bertz CT molecular complexity index is 2030. The molecular formula is C40H39ClFN5O3. The number of rotatable bonds is 7. The maximum atomic E-state index is 15.3. The van der Waals surface area contributed by atoms with Gasteiger partial charge in [0, 0.05) is 68.6 Å². The number of likely N-dealkylation sites (N-methyl/N-ethyl adjacent to an activating group) is 1. The van der Waals surface area contributed by atoms with Crippen LogP contribution in [-0.2, 0) is 13.0 Å². The van der Waals surface area contributed by atoms with Crippen LogP contribution >= 0.6 is 11.6 Å². The highest BCUT2D eigenvalue weighted by Gasteiger charge is 2.34. The van der Waals surface area contributed by atoms with Crippen molar-refractivity contribution in [3.05, 3.63) is 142 Å². The van der Waals surface area contributed by atoms with Gasteiger partial charge in [-0.3, -0.25) is 19.4 Å². The second-order valence-electron chi connectivity index (χ2n) is 13.2. The first-order valence-electron chi connectivity index (χ1n) is 16.8. The normalized spacial score (nSPS) is 16.6. The Morgan fingerprint density at radius 3 is 2.26 bits per heavy atom. The monoisotopic (exact) mass is 691 g/mol. The highest BCUT2D eigenvalue weighted by atomic mass is 35.5. The summed E-state index contributed by atoms with van der Waals surface area (Å²) in [6.45, 7) is 6.72. The van der Waals surface area contributed by atoms with Crippen molar-refractivity contribution < 1.29 is 19.1 Å². The average molecular weight is 692 g/mol. The molecule has 1 N–H and O–H groups in total. The molecule has 2 aliphatic rings. The number of amides is 2. The van der Waals surface area contributed by atoms with Gasteiger partial charge in [0.25, 0.3) is 11.8 Å². The standard InChI is InChI=1S/C40H39ClFN5O3/c1-27-20-30(39(49)47(31-10-4-3-5-11-31)32-12-14-34(48)15-13-32)25-45(27)38-23-36(41)37(42)22-35(38)40(50)46-24-29-9-7-6-8-28(29)21-33(46)26-44-18-16-43(2)17-19-44/h3-15,20,22-23,25,33,48H,16-19,21,24,26H2,1-2H3/t33-/m0/s1. The van der Waals surface area contributed by atoms with E-state index in [0.29, 0.717) is 47.8 Å². The van der Waals surface area contributed by atoms with Gasteiger partial charge in [-0.15, -0.1) is 0 Å². The van der Waals surface area contributed by atoms with Crippen molar-refractivity contribution in [2.45, 2.75) is 25.9 Å². The van der Waals surface area contributed by atoms with Crippen molar-refractivity contribution in [3.63, 3.8) is 0 Å². The van der Waals surface area contributed by atoms with Gasteiger partial charge in [-0.1, -0.05) is 54.1 Å². The fraction of sp³-hybridized carbons (Fsp3) is 0.250. The van der Waals surface area contributed by atoms with Gasteiger partial charge in [0.05, 0.1) is 21.8 Å². The summed E-state index contributed by atoms with van der Waals surface area (Å²) in [6, 6.07) is 28.2. The lowest BCUT2D eigenvalue weighted by Crippen LogP contribution is -2.53. The molecule has 7 rings (SSSR count). The maximum absolute atomic E-state index is 15.3. The van der Waals surface area contributed by atoms with Crippen molar-refractivity contribution in [3.8, 4) is 11.4 Å². The number of piperazine rings is 1. The summed E-state index contributed by atoms with van der Waals surface area (Å²) in [4.78, 5) is 37.1. The van der Waals surface area contributed by atoms with Crippen LogP contribution in [0.15, 0.2) is 103 Å². The SMILES string of the molecule is Cc1cc(C(=O)N(c2ccccc2)c2ccc(O)cc2)cn1-c1cc(Cl)c(F)cc1C(=O)N1Cc2ccccc2C[C@H]1CN1CCN(C)CC1. The topological polar surface area (TPSA) is 72.3 Å². The number of hydrogen-bond donors (Lipinski definition) is 1. The van der Waals surface area contributed by atoms with E-state index in [1.807, 2.05) is 60.4 Å². The fourth-order valence-electron chi connectivity index (χ4n) is 7.02. The third-order valence-corrected chi connectivity index (χ3v) is 10.1. The van der Waals surface area contributed by atoms with E-state index in [2.05, 4.69) is 22.9 Å². The van der Waals surface area contributed by atoms with Crippen molar-refractivity contribution in [2.24, 2.45) is 0 Å². The lowest BCUT2D eigenvalue weighted by molar-refractivity contribution is 0.0535. The molecule has 4 aromatic carbocycles. The van der Waals surface area contributed by atoms with Gasteiger partial charge < -0.3 is 19.5 Å². The molecule has 0 saturated carbocycles. The second kappa shape index (κ2) is 14.1. The second-order valence-corrected chi connectivity index (χ2v) is 13.6. The van der Waals surface area contributed by atoms with Gasteiger partial charge in [-0.2, -0.15) is 0 Å². The van der Waals surface area contributed by atoms with Gasteiger partial charge in [0.2, 0.25) is 0 Å². The lowest BCUT2D eigenvalue weighted by atomic mass is 9.92. The molecule has 3 heterocycles. The number of aromatic hydroxyl groups is 1. The summed E-state index contributed by atoms with van der Waals surface area (Å²) in [6.07, 6.45) is 2.37. The molecular weight excluding hydrogens is 653 g/mol. The Kier molecular flexibility index (Phi) is 9.46. The van der Waals surface area contributed by atoms with Gasteiger partial charge in [-0.05, 0) is 86.1 Å². The van der Waals surface area contributed by atoms with E-state index in [1.165, 1.54) is 29.8 Å². The predicted octanol–water partition coefficient (Wildman–Crippen LogP) is 7.08. The van der Waals surface area contributed by atoms with Crippen molar-refractivity contribution in [1.82, 2.24) is 19.3 Å². The zero-order valence-corrected chi connectivity index (χ0v) is 28.9. The molecule has 8 nitrogen and oxygen atoms in total. The Hall–Kier alpha value is -4.96. The molecule has 0 radical (unpaired) electrons. The molecule has 0 bridgehead atoms. The molecule has 0 spiro atoms. The number of fused-ring (bicyclic) bond motifs is 1. The van der Waals surface area contributed by atoms with Crippen LogP contribution in [-0.4, -0.2) is 82.0 Å².